The lowest BCUT2D eigenvalue weighted by atomic mass is 10.2. The van der Waals surface area contributed by atoms with E-state index in [0.29, 0.717) is 25.7 Å². The van der Waals surface area contributed by atoms with Gasteiger partial charge in [0.1, 0.15) is 0 Å². The first-order valence-electron chi connectivity index (χ1n) is 11.2. The van der Waals surface area contributed by atoms with E-state index in [1.54, 1.807) is 17.6 Å². The Morgan fingerprint density at radius 1 is 0.941 bits per heavy atom. The lowest BCUT2D eigenvalue weighted by molar-refractivity contribution is 0.122. The van der Waals surface area contributed by atoms with Crippen molar-refractivity contribution < 1.29 is 4.74 Å². The van der Waals surface area contributed by atoms with Crippen LogP contribution in [0.25, 0.3) is 21.3 Å². The molecule has 0 amide bonds. The summed E-state index contributed by atoms with van der Waals surface area (Å²) < 4.78 is 8.76. The second kappa shape index (κ2) is 9.20. The summed E-state index contributed by atoms with van der Waals surface area (Å²) in [5, 5.41) is 6.51. The van der Waals surface area contributed by atoms with Gasteiger partial charge in [0.25, 0.3) is 0 Å². The van der Waals surface area contributed by atoms with Crippen molar-refractivity contribution in [1.82, 2.24) is 19.5 Å². The Labute approximate surface area is 200 Å². The van der Waals surface area contributed by atoms with Crippen LogP contribution in [-0.4, -0.2) is 52.0 Å². The van der Waals surface area contributed by atoms with Crippen LogP contribution in [0, 0.1) is 0 Å². The third kappa shape index (κ3) is 4.11. The summed E-state index contributed by atoms with van der Waals surface area (Å²) >= 11 is 1.66. The molecule has 9 heteroatoms. The number of benzene rings is 2. The molecule has 170 valence electrons. The number of anilines is 2. The van der Waals surface area contributed by atoms with Gasteiger partial charge in [-0.25, -0.2) is 15.4 Å². The van der Waals surface area contributed by atoms with Crippen molar-refractivity contribution in [3.63, 3.8) is 0 Å². The SMILES string of the molecule is C(=N\Nc1nc(N2CCOCC2)c2sccc2n1)/c1nc2ccccc2n1Cc1ccccc1. The van der Waals surface area contributed by atoms with Crippen LogP contribution in [0.2, 0.25) is 0 Å². The maximum absolute atomic E-state index is 5.51. The van der Waals surface area contributed by atoms with Crippen molar-refractivity contribution in [2.45, 2.75) is 6.54 Å². The Balaban J connectivity index is 1.30. The fraction of sp³-hybridized carbons (Fsp3) is 0.200. The molecule has 6 rings (SSSR count). The maximum Gasteiger partial charge on any atom is 0.246 e. The van der Waals surface area contributed by atoms with Gasteiger partial charge in [0.2, 0.25) is 5.95 Å². The van der Waals surface area contributed by atoms with Gasteiger partial charge >= 0.3 is 0 Å². The van der Waals surface area contributed by atoms with Crippen LogP contribution in [0.1, 0.15) is 11.4 Å². The Morgan fingerprint density at radius 3 is 2.65 bits per heavy atom. The highest BCUT2D eigenvalue weighted by molar-refractivity contribution is 7.17. The molecule has 1 aliphatic heterocycles. The van der Waals surface area contributed by atoms with Gasteiger partial charge in [0.15, 0.2) is 11.6 Å². The molecular weight excluding hydrogens is 446 g/mol. The van der Waals surface area contributed by atoms with E-state index >= 15 is 0 Å². The van der Waals surface area contributed by atoms with Crippen LogP contribution in [-0.2, 0) is 11.3 Å². The Bertz CT molecular complexity index is 1450. The van der Waals surface area contributed by atoms with Crippen molar-refractivity contribution in [3.05, 3.63) is 77.4 Å². The predicted molar refractivity (Wildman–Crippen MR) is 137 cm³/mol. The molecule has 8 nitrogen and oxygen atoms in total. The number of aromatic nitrogens is 4. The molecule has 5 aromatic rings. The number of morpholine rings is 1. The molecule has 4 heterocycles. The van der Waals surface area contributed by atoms with Crippen LogP contribution in [0.15, 0.2) is 71.1 Å². The molecule has 1 aliphatic rings. The van der Waals surface area contributed by atoms with E-state index < -0.39 is 0 Å². The van der Waals surface area contributed by atoms with Crippen molar-refractivity contribution >= 4 is 50.6 Å². The highest BCUT2D eigenvalue weighted by Crippen LogP contribution is 2.30. The van der Waals surface area contributed by atoms with Gasteiger partial charge in [-0.1, -0.05) is 42.5 Å². The Kier molecular flexibility index (Phi) is 5.62. The molecule has 0 aliphatic carbocycles. The smallest absolute Gasteiger partial charge is 0.246 e. The average Bonchev–Trinajstić information content (AvgIpc) is 3.50. The van der Waals surface area contributed by atoms with Crippen molar-refractivity contribution in [2.24, 2.45) is 5.10 Å². The van der Waals surface area contributed by atoms with Crippen molar-refractivity contribution in [2.75, 3.05) is 36.6 Å². The standard InChI is InChI=1S/C25H23N7OS/c1-2-6-18(7-3-1)17-32-21-9-5-4-8-19(21)27-22(32)16-26-30-25-28-20-10-15-34-23(20)24(29-25)31-11-13-33-14-12-31/h1-10,15-16H,11-14,17H2,(H,28,29,30)/b26-16+. The highest BCUT2D eigenvalue weighted by atomic mass is 32.1. The van der Waals surface area contributed by atoms with E-state index in [2.05, 4.69) is 43.2 Å². The van der Waals surface area contributed by atoms with Gasteiger partial charge in [0, 0.05) is 19.6 Å². The first kappa shape index (κ1) is 20.8. The lowest BCUT2D eigenvalue weighted by Gasteiger charge is -2.28. The van der Waals surface area contributed by atoms with Gasteiger partial charge in [-0.05, 0) is 29.1 Å². The van der Waals surface area contributed by atoms with Crippen LogP contribution in [0.3, 0.4) is 0 Å². The zero-order chi connectivity index (χ0) is 22.7. The normalized spacial score (nSPS) is 14.4. The molecule has 2 aromatic carbocycles. The number of hydrogen-bond donors (Lipinski definition) is 1. The Hall–Kier alpha value is -3.82. The van der Waals surface area contributed by atoms with Crippen LogP contribution in [0.5, 0.6) is 0 Å². The molecule has 0 saturated carbocycles. The summed E-state index contributed by atoms with van der Waals surface area (Å²) in [6.45, 7) is 3.75. The topological polar surface area (TPSA) is 80.5 Å². The number of rotatable bonds is 6. The molecule has 1 saturated heterocycles. The number of nitrogens with one attached hydrogen (secondary N) is 1. The maximum atomic E-state index is 5.51. The number of thiophene rings is 1. The summed E-state index contributed by atoms with van der Waals surface area (Å²) in [4.78, 5) is 16.5. The molecule has 34 heavy (non-hydrogen) atoms. The van der Waals surface area contributed by atoms with E-state index in [0.717, 1.165) is 46.0 Å². The number of fused-ring (bicyclic) bond motifs is 2. The third-order valence-corrected chi connectivity index (χ3v) is 6.71. The Morgan fingerprint density at radius 2 is 1.76 bits per heavy atom. The van der Waals surface area contributed by atoms with Gasteiger partial charge in [-0.3, -0.25) is 0 Å². The minimum absolute atomic E-state index is 0.467. The zero-order valence-corrected chi connectivity index (χ0v) is 19.3. The monoisotopic (exact) mass is 469 g/mol. The third-order valence-electron chi connectivity index (χ3n) is 5.81. The molecule has 3 aromatic heterocycles. The van der Waals surface area contributed by atoms with Gasteiger partial charge < -0.3 is 14.2 Å². The number of imidazole rings is 1. The van der Waals surface area contributed by atoms with E-state index in [-0.39, 0.29) is 0 Å². The quantitative estimate of drug-likeness (QED) is 0.294. The minimum Gasteiger partial charge on any atom is -0.378 e. The fourth-order valence-electron chi connectivity index (χ4n) is 4.16. The van der Waals surface area contributed by atoms with Crippen molar-refractivity contribution in [3.8, 4) is 0 Å². The first-order chi connectivity index (χ1) is 16.8. The fourth-order valence-corrected chi connectivity index (χ4v) is 5.01. The van der Waals surface area contributed by atoms with E-state index in [1.165, 1.54) is 5.56 Å². The second-order valence-electron chi connectivity index (χ2n) is 8.01. The molecule has 1 fully saturated rings. The number of ether oxygens (including phenoxy) is 1. The summed E-state index contributed by atoms with van der Waals surface area (Å²) in [5.74, 6) is 2.16. The predicted octanol–water partition coefficient (Wildman–Crippen LogP) is 4.37. The van der Waals surface area contributed by atoms with Crippen LogP contribution < -0.4 is 10.3 Å². The van der Waals surface area contributed by atoms with Crippen LogP contribution in [0.4, 0.5) is 11.8 Å². The first-order valence-corrected chi connectivity index (χ1v) is 12.1. The molecule has 0 radical (unpaired) electrons. The minimum atomic E-state index is 0.467. The van der Waals surface area contributed by atoms with Crippen LogP contribution >= 0.6 is 11.3 Å². The van der Waals surface area contributed by atoms with E-state index in [9.17, 15) is 0 Å². The molecule has 0 bridgehead atoms. The highest BCUT2D eigenvalue weighted by Gasteiger charge is 2.18. The summed E-state index contributed by atoms with van der Waals surface area (Å²) in [6, 6.07) is 20.5. The summed E-state index contributed by atoms with van der Waals surface area (Å²) in [5.41, 5.74) is 7.15. The van der Waals surface area contributed by atoms with Gasteiger partial charge in [-0.15, -0.1) is 11.3 Å². The second-order valence-corrected chi connectivity index (χ2v) is 8.92. The summed E-state index contributed by atoms with van der Waals surface area (Å²) in [7, 11) is 0. The summed E-state index contributed by atoms with van der Waals surface area (Å²) in [6.07, 6.45) is 1.73. The van der Waals surface area contributed by atoms with Gasteiger partial charge in [0.05, 0.1) is 40.7 Å². The van der Waals surface area contributed by atoms with E-state index in [1.807, 2.05) is 47.8 Å². The van der Waals surface area contributed by atoms with Gasteiger partial charge in [-0.2, -0.15) is 10.1 Å². The molecule has 0 unspecified atom stereocenters. The zero-order valence-electron chi connectivity index (χ0n) is 18.5. The van der Waals surface area contributed by atoms with E-state index in [4.69, 9.17) is 14.7 Å². The lowest BCUT2D eigenvalue weighted by Crippen LogP contribution is -2.36. The number of nitrogens with zero attached hydrogens (tertiary/aromatic N) is 6. The number of hydrazone groups is 1. The molecular formula is C25H23N7OS. The number of hydrogen-bond acceptors (Lipinski definition) is 8. The number of para-hydroxylation sites is 2. The van der Waals surface area contributed by atoms with Crippen molar-refractivity contribution in [1.29, 1.82) is 0 Å². The molecule has 0 atom stereocenters. The molecule has 1 N–H and O–H groups in total. The molecule has 0 spiro atoms. The average molecular weight is 470 g/mol. The largest absolute Gasteiger partial charge is 0.378 e.